The van der Waals surface area contributed by atoms with Crippen LogP contribution in [0.5, 0.6) is 0 Å². The molecule has 0 spiro atoms. The van der Waals surface area contributed by atoms with E-state index in [-0.39, 0.29) is 22.7 Å². The van der Waals surface area contributed by atoms with Crippen LogP contribution in [0, 0.1) is 0 Å². The first-order chi connectivity index (χ1) is 9.52. The number of hydrogen-bond acceptors (Lipinski definition) is 7. The summed E-state index contributed by atoms with van der Waals surface area (Å²) in [6.07, 6.45) is 0.751. The van der Waals surface area contributed by atoms with Gasteiger partial charge in [-0.3, -0.25) is 4.79 Å². The molecule has 0 aliphatic heterocycles. The van der Waals surface area contributed by atoms with Gasteiger partial charge in [-0.15, -0.1) is 11.3 Å². The number of nitrogen functional groups attached to an aromatic ring is 1. The Bertz CT molecular complexity index is 487. The predicted molar refractivity (Wildman–Crippen MR) is 78.2 cm³/mol. The van der Waals surface area contributed by atoms with Crippen molar-refractivity contribution in [3.63, 3.8) is 0 Å². The highest BCUT2D eigenvalue weighted by atomic mass is 32.1. The zero-order valence-corrected chi connectivity index (χ0v) is 12.3. The van der Waals surface area contributed by atoms with Crippen LogP contribution in [-0.2, 0) is 9.47 Å². The monoisotopic (exact) mass is 301 g/mol. The van der Waals surface area contributed by atoms with Gasteiger partial charge in [0.05, 0.1) is 17.9 Å². The number of nitrogens with one attached hydrogen (secondary N) is 1. The molecule has 0 saturated carbocycles. The van der Waals surface area contributed by atoms with Gasteiger partial charge in [0.15, 0.2) is 0 Å². The van der Waals surface area contributed by atoms with E-state index in [0.29, 0.717) is 18.2 Å². The Hall–Kier alpha value is -1.80. The van der Waals surface area contributed by atoms with Crippen LogP contribution in [0.25, 0.3) is 0 Å². The Morgan fingerprint density at radius 1 is 1.40 bits per heavy atom. The number of ether oxygens (including phenoxy) is 2. The van der Waals surface area contributed by atoms with Gasteiger partial charge < -0.3 is 26.3 Å². The van der Waals surface area contributed by atoms with Crippen LogP contribution in [0.4, 0.5) is 10.7 Å². The fourth-order valence-electron chi connectivity index (χ4n) is 1.58. The van der Waals surface area contributed by atoms with Crippen LogP contribution in [0.1, 0.15) is 33.4 Å². The van der Waals surface area contributed by atoms with E-state index in [1.54, 1.807) is 14.0 Å². The van der Waals surface area contributed by atoms with Crippen molar-refractivity contribution in [2.24, 2.45) is 5.73 Å². The number of thiophene rings is 1. The molecule has 1 heterocycles. The molecule has 20 heavy (non-hydrogen) atoms. The van der Waals surface area contributed by atoms with Gasteiger partial charge in [-0.25, -0.2) is 4.79 Å². The van der Waals surface area contributed by atoms with Crippen LogP contribution in [0.2, 0.25) is 0 Å². The molecule has 0 fully saturated rings. The van der Waals surface area contributed by atoms with E-state index in [1.165, 1.54) is 0 Å². The van der Waals surface area contributed by atoms with Gasteiger partial charge in [-0.05, 0) is 13.3 Å². The molecule has 0 aromatic carbocycles. The number of methoxy groups -OCH3 is 1. The summed E-state index contributed by atoms with van der Waals surface area (Å²) in [5, 5.41) is 3.52. The summed E-state index contributed by atoms with van der Waals surface area (Å²) in [6.45, 7) is 3.10. The van der Waals surface area contributed by atoms with E-state index >= 15 is 0 Å². The fraction of sp³-hybridized carbons (Fsp3) is 0.500. The van der Waals surface area contributed by atoms with Gasteiger partial charge in [0.2, 0.25) is 0 Å². The number of esters is 1. The van der Waals surface area contributed by atoms with Crippen molar-refractivity contribution >= 4 is 33.9 Å². The van der Waals surface area contributed by atoms with Gasteiger partial charge in [-0.2, -0.15) is 0 Å². The lowest BCUT2D eigenvalue weighted by Crippen LogP contribution is -2.16. The summed E-state index contributed by atoms with van der Waals surface area (Å²) in [4.78, 5) is 23.4. The summed E-state index contributed by atoms with van der Waals surface area (Å²) < 4.78 is 9.82. The topological polar surface area (TPSA) is 117 Å². The van der Waals surface area contributed by atoms with E-state index in [9.17, 15) is 9.59 Å². The average Bonchev–Trinajstić information content (AvgIpc) is 2.72. The third-order valence-electron chi connectivity index (χ3n) is 2.46. The normalized spacial score (nSPS) is 10.3. The van der Waals surface area contributed by atoms with Crippen LogP contribution in [-0.4, -0.2) is 38.7 Å². The van der Waals surface area contributed by atoms with Crippen molar-refractivity contribution in [1.29, 1.82) is 0 Å². The molecule has 8 heteroatoms. The molecule has 1 aromatic rings. The number of nitrogens with two attached hydrogens (primary N) is 2. The summed E-state index contributed by atoms with van der Waals surface area (Å²) in [6, 6.07) is 0. The second-order valence-corrected chi connectivity index (χ2v) is 4.93. The summed E-state index contributed by atoms with van der Waals surface area (Å²) >= 11 is 1.07. The van der Waals surface area contributed by atoms with E-state index < -0.39 is 11.9 Å². The largest absolute Gasteiger partial charge is 0.462 e. The molecule has 1 amide bonds. The number of carbonyl (C=O) groups excluding carboxylic acids is 2. The third kappa shape index (κ3) is 3.84. The maximum Gasteiger partial charge on any atom is 0.350 e. The number of amides is 1. The fourth-order valence-corrected chi connectivity index (χ4v) is 2.62. The molecule has 7 nitrogen and oxygen atoms in total. The number of primary amides is 1. The van der Waals surface area contributed by atoms with E-state index in [2.05, 4.69) is 5.32 Å². The van der Waals surface area contributed by atoms with Gasteiger partial charge in [0, 0.05) is 20.3 Å². The van der Waals surface area contributed by atoms with Crippen LogP contribution < -0.4 is 16.8 Å². The minimum Gasteiger partial charge on any atom is -0.462 e. The first-order valence-electron chi connectivity index (χ1n) is 6.14. The van der Waals surface area contributed by atoms with Crippen LogP contribution in [0.15, 0.2) is 0 Å². The lowest BCUT2D eigenvalue weighted by Gasteiger charge is -2.05. The van der Waals surface area contributed by atoms with Crippen LogP contribution in [0.3, 0.4) is 0 Å². The highest BCUT2D eigenvalue weighted by molar-refractivity contribution is 7.19. The van der Waals surface area contributed by atoms with E-state index in [4.69, 9.17) is 20.9 Å². The molecule has 1 rings (SSSR count). The molecule has 0 atom stereocenters. The van der Waals surface area contributed by atoms with Gasteiger partial charge in [0.25, 0.3) is 5.91 Å². The molecular weight excluding hydrogens is 282 g/mol. The average molecular weight is 301 g/mol. The Labute approximate surface area is 121 Å². The highest BCUT2D eigenvalue weighted by Gasteiger charge is 2.24. The third-order valence-corrected chi connectivity index (χ3v) is 3.61. The Kier molecular flexibility index (Phi) is 6.26. The molecule has 0 unspecified atom stereocenters. The smallest absolute Gasteiger partial charge is 0.350 e. The lowest BCUT2D eigenvalue weighted by atomic mass is 10.2. The van der Waals surface area contributed by atoms with E-state index in [0.717, 1.165) is 17.8 Å². The van der Waals surface area contributed by atoms with Gasteiger partial charge >= 0.3 is 5.97 Å². The first-order valence-corrected chi connectivity index (χ1v) is 6.96. The van der Waals surface area contributed by atoms with Crippen molar-refractivity contribution in [1.82, 2.24) is 0 Å². The molecule has 0 aliphatic carbocycles. The number of rotatable bonds is 8. The zero-order chi connectivity index (χ0) is 15.1. The zero-order valence-electron chi connectivity index (χ0n) is 11.5. The molecule has 0 bridgehead atoms. The van der Waals surface area contributed by atoms with Gasteiger partial charge in [0.1, 0.15) is 9.88 Å². The second-order valence-electron chi connectivity index (χ2n) is 3.91. The lowest BCUT2D eigenvalue weighted by molar-refractivity contribution is 0.0533. The summed E-state index contributed by atoms with van der Waals surface area (Å²) in [7, 11) is 1.61. The molecule has 112 valence electrons. The number of carbonyl (C=O) groups is 2. The molecule has 0 aliphatic rings. The standard InChI is InChI=1S/C12H19N3O4S/c1-3-19-12(17)9-8(13)7(10(14)16)11(20-9)15-5-4-6-18-2/h15H,3-6,13H2,1-2H3,(H2,14,16). The van der Waals surface area contributed by atoms with Crippen molar-refractivity contribution in [2.75, 3.05) is 37.9 Å². The SMILES string of the molecule is CCOC(=O)c1sc(NCCCOC)c(C(N)=O)c1N. The molecule has 1 aromatic heterocycles. The van der Waals surface area contributed by atoms with Crippen LogP contribution >= 0.6 is 11.3 Å². The number of hydrogen-bond donors (Lipinski definition) is 3. The molecule has 0 saturated heterocycles. The quantitative estimate of drug-likeness (QED) is 0.488. The summed E-state index contributed by atoms with van der Waals surface area (Å²) in [5.41, 5.74) is 11.3. The highest BCUT2D eigenvalue weighted by Crippen LogP contribution is 2.35. The number of anilines is 2. The Morgan fingerprint density at radius 3 is 2.65 bits per heavy atom. The minimum absolute atomic E-state index is 0.0650. The maximum absolute atomic E-state index is 11.7. The second kappa shape index (κ2) is 7.71. The van der Waals surface area contributed by atoms with Crippen molar-refractivity contribution < 1.29 is 19.1 Å². The molecular formula is C12H19N3O4S. The first kappa shape index (κ1) is 16.3. The van der Waals surface area contributed by atoms with E-state index in [1.807, 2.05) is 0 Å². The van der Waals surface area contributed by atoms with Crippen molar-refractivity contribution in [2.45, 2.75) is 13.3 Å². The maximum atomic E-state index is 11.7. The minimum atomic E-state index is -0.677. The Balaban J connectivity index is 2.94. The van der Waals surface area contributed by atoms with Crippen molar-refractivity contribution in [3.05, 3.63) is 10.4 Å². The van der Waals surface area contributed by atoms with Crippen molar-refractivity contribution in [3.8, 4) is 0 Å². The Morgan fingerprint density at radius 2 is 2.10 bits per heavy atom. The van der Waals surface area contributed by atoms with Gasteiger partial charge in [-0.1, -0.05) is 0 Å². The molecule has 0 radical (unpaired) electrons. The summed E-state index contributed by atoms with van der Waals surface area (Å²) in [5.74, 6) is -1.23. The molecule has 5 N–H and O–H groups in total. The predicted octanol–water partition coefficient (Wildman–Crippen LogP) is 1.05.